The first-order valence-corrected chi connectivity index (χ1v) is 9.90. The van der Waals surface area contributed by atoms with Crippen molar-refractivity contribution in [1.82, 2.24) is 15.5 Å². The minimum absolute atomic E-state index is 0.00759. The standard InChI is InChI=1S/C23H22N4O3/c28-21(16-20-22(29)25-23(30)24-20)27-14-12-26(13-15-27)19-10-8-18(9-11-19)7-6-17-4-2-1-3-5-17/h1-5,8-11,20H,12-16H2,(H2,24,25,29,30). The van der Waals surface area contributed by atoms with Gasteiger partial charge in [0.15, 0.2) is 0 Å². The molecule has 1 atom stereocenters. The van der Waals surface area contributed by atoms with Crippen LogP contribution in [0.25, 0.3) is 0 Å². The summed E-state index contributed by atoms with van der Waals surface area (Å²) >= 11 is 0. The van der Waals surface area contributed by atoms with Gasteiger partial charge in [0.25, 0.3) is 5.91 Å². The van der Waals surface area contributed by atoms with Gasteiger partial charge in [-0.05, 0) is 36.4 Å². The van der Waals surface area contributed by atoms with Gasteiger partial charge >= 0.3 is 6.03 Å². The topological polar surface area (TPSA) is 81.8 Å². The number of hydrogen-bond acceptors (Lipinski definition) is 4. The Kier molecular flexibility index (Phi) is 5.66. The molecule has 0 spiro atoms. The Hall–Kier alpha value is -3.79. The first-order chi connectivity index (χ1) is 14.6. The van der Waals surface area contributed by atoms with Gasteiger partial charge in [0.1, 0.15) is 6.04 Å². The number of nitrogens with one attached hydrogen (secondary N) is 2. The summed E-state index contributed by atoms with van der Waals surface area (Å²) in [5.41, 5.74) is 3.03. The number of carbonyl (C=O) groups excluding carboxylic acids is 3. The summed E-state index contributed by atoms with van der Waals surface area (Å²) in [6.45, 7) is 2.58. The molecule has 0 aliphatic carbocycles. The molecule has 0 saturated carbocycles. The van der Waals surface area contributed by atoms with E-state index in [9.17, 15) is 14.4 Å². The van der Waals surface area contributed by atoms with E-state index in [1.54, 1.807) is 4.90 Å². The van der Waals surface area contributed by atoms with Crippen molar-refractivity contribution in [2.24, 2.45) is 0 Å². The third-order valence-corrected chi connectivity index (χ3v) is 5.23. The summed E-state index contributed by atoms with van der Waals surface area (Å²) in [5.74, 6) is 5.76. The predicted octanol–water partition coefficient (Wildman–Crippen LogP) is 1.33. The molecule has 7 heteroatoms. The first-order valence-electron chi connectivity index (χ1n) is 9.90. The van der Waals surface area contributed by atoms with Crippen LogP contribution in [0.3, 0.4) is 0 Å². The Balaban J connectivity index is 1.30. The number of amides is 4. The van der Waals surface area contributed by atoms with Crippen molar-refractivity contribution in [2.75, 3.05) is 31.1 Å². The van der Waals surface area contributed by atoms with Crippen LogP contribution in [0.4, 0.5) is 10.5 Å². The minimum atomic E-state index is -0.771. The molecule has 30 heavy (non-hydrogen) atoms. The van der Waals surface area contributed by atoms with Gasteiger partial charge in [0.2, 0.25) is 5.91 Å². The highest BCUT2D eigenvalue weighted by Crippen LogP contribution is 2.18. The van der Waals surface area contributed by atoms with E-state index in [0.717, 1.165) is 16.8 Å². The van der Waals surface area contributed by atoms with Crippen LogP contribution in [0.1, 0.15) is 17.5 Å². The lowest BCUT2D eigenvalue weighted by Gasteiger charge is -2.36. The zero-order valence-corrected chi connectivity index (χ0v) is 16.4. The van der Waals surface area contributed by atoms with Gasteiger partial charge in [-0.25, -0.2) is 4.79 Å². The Labute approximate surface area is 175 Å². The minimum Gasteiger partial charge on any atom is -0.368 e. The highest BCUT2D eigenvalue weighted by molar-refractivity contribution is 6.05. The number of hydrogen-bond donors (Lipinski definition) is 2. The fourth-order valence-corrected chi connectivity index (χ4v) is 3.54. The van der Waals surface area contributed by atoms with Gasteiger partial charge in [-0.2, -0.15) is 0 Å². The number of carbonyl (C=O) groups is 3. The number of rotatable bonds is 3. The molecule has 2 aromatic rings. The van der Waals surface area contributed by atoms with Crippen LogP contribution in [-0.2, 0) is 9.59 Å². The molecule has 152 valence electrons. The molecule has 2 heterocycles. The highest BCUT2D eigenvalue weighted by Gasteiger charge is 2.33. The molecule has 0 aromatic heterocycles. The third-order valence-electron chi connectivity index (χ3n) is 5.23. The Morgan fingerprint density at radius 3 is 2.13 bits per heavy atom. The summed E-state index contributed by atoms with van der Waals surface area (Å²) in [5, 5.41) is 4.61. The summed E-state index contributed by atoms with van der Waals surface area (Å²) in [4.78, 5) is 39.2. The predicted molar refractivity (Wildman–Crippen MR) is 113 cm³/mol. The van der Waals surface area contributed by atoms with Crippen LogP contribution in [0.2, 0.25) is 0 Å². The molecular weight excluding hydrogens is 380 g/mol. The highest BCUT2D eigenvalue weighted by atomic mass is 16.2. The summed E-state index contributed by atoms with van der Waals surface area (Å²) in [6, 6.07) is 16.7. The zero-order chi connectivity index (χ0) is 20.9. The fraction of sp³-hybridized carbons (Fsp3) is 0.261. The van der Waals surface area contributed by atoms with E-state index in [4.69, 9.17) is 0 Å². The van der Waals surface area contributed by atoms with Crippen LogP contribution in [-0.4, -0.2) is 55.0 Å². The molecule has 2 saturated heterocycles. The molecule has 2 aliphatic heterocycles. The molecule has 2 aromatic carbocycles. The first kappa shape index (κ1) is 19.5. The second-order valence-corrected chi connectivity index (χ2v) is 7.25. The molecule has 0 radical (unpaired) electrons. The molecule has 2 N–H and O–H groups in total. The van der Waals surface area contributed by atoms with Crippen LogP contribution < -0.4 is 15.5 Å². The van der Waals surface area contributed by atoms with Crippen molar-refractivity contribution >= 4 is 23.5 Å². The molecular formula is C23H22N4O3. The lowest BCUT2D eigenvalue weighted by Crippen LogP contribution is -2.50. The van der Waals surface area contributed by atoms with Crippen molar-refractivity contribution in [1.29, 1.82) is 0 Å². The van der Waals surface area contributed by atoms with E-state index in [1.165, 1.54) is 0 Å². The molecule has 2 aliphatic rings. The second kappa shape index (κ2) is 8.70. The van der Waals surface area contributed by atoms with Gasteiger partial charge in [-0.15, -0.1) is 0 Å². The monoisotopic (exact) mass is 402 g/mol. The maximum Gasteiger partial charge on any atom is 0.322 e. The lowest BCUT2D eigenvalue weighted by atomic mass is 10.1. The maximum atomic E-state index is 12.4. The number of benzene rings is 2. The van der Waals surface area contributed by atoms with E-state index in [-0.39, 0.29) is 12.3 Å². The van der Waals surface area contributed by atoms with Crippen molar-refractivity contribution in [2.45, 2.75) is 12.5 Å². The van der Waals surface area contributed by atoms with E-state index in [2.05, 4.69) is 27.4 Å². The van der Waals surface area contributed by atoms with Gasteiger partial charge in [0.05, 0.1) is 6.42 Å². The lowest BCUT2D eigenvalue weighted by molar-refractivity contribution is -0.134. The van der Waals surface area contributed by atoms with Crippen LogP contribution in [0, 0.1) is 11.8 Å². The Bertz CT molecular complexity index is 1000. The normalized spacial score (nSPS) is 18.3. The SMILES string of the molecule is O=C1NC(=O)C(CC(=O)N2CCN(c3ccc(C#Cc4ccccc4)cc3)CC2)N1. The maximum absolute atomic E-state index is 12.4. The molecule has 0 bridgehead atoms. The average Bonchev–Trinajstić information content (AvgIpc) is 3.10. The molecule has 4 rings (SSSR count). The van der Waals surface area contributed by atoms with E-state index in [0.29, 0.717) is 26.2 Å². The van der Waals surface area contributed by atoms with Crippen molar-refractivity contribution in [3.05, 3.63) is 65.7 Å². The Morgan fingerprint density at radius 2 is 1.53 bits per heavy atom. The average molecular weight is 402 g/mol. The summed E-state index contributed by atoms with van der Waals surface area (Å²) in [6.07, 6.45) is -0.00759. The Morgan fingerprint density at radius 1 is 0.900 bits per heavy atom. The number of urea groups is 1. The quantitative estimate of drug-likeness (QED) is 0.600. The molecule has 7 nitrogen and oxygen atoms in total. The van der Waals surface area contributed by atoms with Gasteiger partial charge in [-0.1, -0.05) is 30.0 Å². The number of nitrogens with zero attached hydrogens (tertiary/aromatic N) is 2. The summed E-state index contributed by atoms with van der Waals surface area (Å²) < 4.78 is 0. The fourth-order valence-electron chi connectivity index (χ4n) is 3.54. The number of imide groups is 1. The van der Waals surface area contributed by atoms with E-state index in [1.807, 2.05) is 54.6 Å². The number of anilines is 1. The smallest absolute Gasteiger partial charge is 0.322 e. The van der Waals surface area contributed by atoms with Crippen LogP contribution >= 0.6 is 0 Å². The van der Waals surface area contributed by atoms with E-state index < -0.39 is 18.0 Å². The molecule has 4 amide bonds. The van der Waals surface area contributed by atoms with Crippen molar-refractivity contribution in [3.8, 4) is 11.8 Å². The molecule has 2 fully saturated rings. The van der Waals surface area contributed by atoms with Crippen LogP contribution in [0.15, 0.2) is 54.6 Å². The number of piperazine rings is 1. The molecule has 1 unspecified atom stereocenters. The van der Waals surface area contributed by atoms with Crippen molar-refractivity contribution < 1.29 is 14.4 Å². The van der Waals surface area contributed by atoms with Gasteiger partial charge in [0, 0.05) is 43.0 Å². The van der Waals surface area contributed by atoms with Crippen LogP contribution in [0.5, 0.6) is 0 Å². The van der Waals surface area contributed by atoms with Crippen molar-refractivity contribution in [3.63, 3.8) is 0 Å². The van der Waals surface area contributed by atoms with Gasteiger partial charge < -0.3 is 15.1 Å². The largest absolute Gasteiger partial charge is 0.368 e. The van der Waals surface area contributed by atoms with Gasteiger partial charge in [-0.3, -0.25) is 14.9 Å². The van der Waals surface area contributed by atoms with E-state index >= 15 is 0 Å². The summed E-state index contributed by atoms with van der Waals surface area (Å²) in [7, 11) is 0. The third kappa shape index (κ3) is 4.61. The zero-order valence-electron chi connectivity index (χ0n) is 16.4. The second-order valence-electron chi connectivity index (χ2n) is 7.25.